The molecule has 33 heavy (non-hydrogen) atoms. The highest BCUT2D eigenvalue weighted by Gasteiger charge is 2.60. The van der Waals surface area contributed by atoms with Crippen LogP contribution in [0.1, 0.15) is 24.9 Å². The number of hydrogen-bond acceptors (Lipinski definition) is 5. The van der Waals surface area contributed by atoms with Gasteiger partial charge in [0.1, 0.15) is 17.5 Å². The Hall–Kier alpha value is -3.71. The number of fused-ring (bicyclic) bond motifs is 1. The maximum absolute atomic E-state index is 14.1. The fourth-order valence-electron chi connectivity index (χ4n) is 4.41. The summed E-state index contributed by atoms with van der Waals surface area (Å²) in [7, 11) is 0. The van der Waals surface area contributed by atoms with Crippen molar-refractivity contribution in [3.05, 3.63) is 90.2 Å². The van der Waals surface area contributed by atoms with Crippen LogP contribution in [0.2, 0.25) is 0 Å². The van der Waals surface area contributed by atoms with Crippen LogP contribution in [0, 0.1) is 11.7 Å². The quantitative estimate of drug-likeness (QED) is 0.515. The molecule has 2 heterocycles. The molecule has 5 rings (SSSR count). The van der Waals surface area contributed by atoms with E-state index >= 15 is 0 Å². The Morgan fingerprint density at radius 3 is 2.36 bits per heavy atom. The predicted octanol–water partition coefficient (Wildman–Crippen LogP) is 4.67. The van der Waals surface area contributed by atoms with Gasteiger partial charge in [-0.1, -0.05) is 37.3 Å². The molecule has 0 radical (unpaired) electrons. The Labute approximate surface area is 191 Å². The molecule has 3 aromatic rings. The highest BCUT2D eigenvalue weighted by atomic mass is 19.1. The van der Waals surface area contributed by atoms with Crippen LogP contribution in [0.5, 0.6) is 5.75 Å². The molecule has 2 saturated heterocycles. The smallest absolute Gasteiger partial charge is 0.266 e. The Morgan fingerprint density at radius 1 is 0.909 bits per heavy atom. The summed E-state index contributed by atoms with van der Waals surface area (Å²) in [5.74, 6) is -1.37. The van der Waals surface area contributed by atoms with Crippen molar-refractivity contribution in [2.75, 3.05) is 16.6 Å². The zero-order valence-corrected chi connectivity index (χ0v) is 18.1. The van der Waals surface area contributed by atoms with Crippen molar-refractivity contribution in [2.24, 2.45) is 5.92 Å². The third kappa shape index (κ3) is 3.74. The summed E-state index contributed by atoms with van der Waals surface area (Å²) in [6.45, 7) is 2.60. The largest absolute Gasteiger partial charge is 0.494 e. The van der Waals surface area contributed by atoms with E-state index in [4.69, 9.17) is 9.57 Å². The minimum Gasteiger partial charge on any atom is -0.494 e. The maximum atomic E-state index is 14.1. The van der Waals surface area contributed by atoms with E-state index in [0.29, 0.717) is 29.3 Å². The molecule has 0 aromatic heterocycles. The second kappa shape index (κ2) is 8.67. The van der Waals surface area contributed by atoms with Gasteiger partial charge in [0.15, 0.2) is 6.10 Å². The van der Waals surface area contributed by atoms with E-state index in [1.165, 1.54) is 12.1 Å². The van der Waals surface area contributed by atoms with Crippen LogP contribution < -0.4 is 14.7 Å². The van der Waals surface area contributed by atoms with Gasteiger partial charge in [0.2, 0.25) is 5.91 Å². The van der Waals surface area contributed by atoms with Gasteiger partial charge in [0.05, 0.1) is 24.0 Å². The summed E-state index contributed by atoms with van der Waals surface area (Å²) in [6, 6.07) is 21.5. The molecule has 3 atom stereocenters. The van der Waals surface area contributed by atoms with Gasteiger partial charge in [-0.3, -0.25) is 14.4 Å². The fraction of sp³-hybridized carbons (Fsp3) is 0.231. The Kier molecular flexibility index (Phi) is 5.56. The van der Waals surface area contributed by atoms with Crippen molar-refractivity contribution < 1.29 is 23.6 Å². The number of anilines is 2. The minimum atomic E-state index is -0.998. The molecule has 0 bridgehead atoms. The molecule has 0 saturated carbocycles. The number of imide groups is 1. The maximum Gasteiger partial charge on any atom is 0.266 e. The van der Waals surface area contributed by atoms with E-state index < -0.39 is 29.8 Å². The first-order valence-electron chi connectivity index (χ1n) is 11.0. The molecule has 6 nitrogen and oxygen atoms in total. The molecule has 2 amide bonds. The number of rotatable bonds is 6. The lowest BCUT2D eigenvalue weighted by atomic mass is 9.90. The summed E-state index contributed by atoms with van der Waals surface area (Å²) in [5.41, 5.74) is 1.71. The van der Waals surface area contributed by atoms with Gasteiger partial charge in [-0.05, 0) is 60.5 Å². The van der Waals surface area contributed by atoms with Crippen LogP contribution in [0.15, 0.2) is 78.9 Å². The molecule has 0 spiro atoms. The van der Waals surface area contributed by atoms with Gasteiger partial charge >= 0.3 is 0 Å². The normalized spacial score (nSPS) is 22.1. The number of carbonyl (C=O) groups excluding carboxylic acids is 2. The lowest BCUT2D eigenvalue weighted by Crippen LogP contribution is -2.37. The van der Waals surface area contributed by atoms with Crippen LogP contribution in [-0.2, 0) is 14.4 Å². The van der Waals surface area contributed by atoms with Crippen molar-refractivity contribution in [3.8, 4) is 5.75 Å². The zero-order valence-electron chi connectivity index (χ0n) is 18.1. The third-order valence-electron chi connectivity index (χ3n) is 5.88. The second-order valence-corrected chi connectivity index (χ2v) is 8.07. The molecule has 2 aliphatic rings. The monoisotopic (exact) mass is 446 g/mol. The van der Waals surface area contributed by atoms with Crippen molar-refractivity contribution in [2.45, 2.75) is 25.5 Å². The van der Waals surface area contributed by atoms with Gasteiger partial charge in [-0.15, -0.1) is 0 Å². The Bertz CT molecular complexity index is 1170. The number of carbonyl (C=O) groups is 2. The van der Waals surface area contributed by atoms with Gasteiger partial charge in [-0.2, -0.15) is 0 Å². The van der Waals surface area contributed by atoms with Crippen LogP contribution >= 0.6 is 0 Å². The predicted molar refractivity (Wildman–Crippen MR) is 121 cm³/mol. The van der Waals surface area contributed by atoms with Crippen LogP contribution in [0.25, 0.3) is 0 Å². The lowest BCUT2D eigenvalue weighted by Gasteiger charge is -2.28. The molecule has 0 aliphatic carbocycles. The average Bonchev–Trinajstić information content (AvgIpc) is 3.35. The summed E-state index contributed by atoms with van der Waals surface area (Å²) in [4.78, 5) is 34.1. The van der Waals surface area contributed by atoms with E-state index in [-0.39, 0.29) is 5.91 Å². The molecule has 2 fully saturated rings. The second-order valence-electron chi connectivity index (χ2n) is 8.07. The standard InChI is InChI=1S/C26H23FN2O4/c1-2-15-32-21-13-11-19(12-14-21)28-25(30)22-23(17-7-6-8-18(27)16-17)29(33-24(22)26(28)31)20-9-4-3-5-10-20/h3-14,16,22-24H,2,15H2,1H3/t22-,23+,24-/m1/s1. The number of amides is 2. The molecule has 7 heteroatoms. The average molecular weight is 446 g/mol. The molecule has 0 N–H and O–H groups in total. The van der Waals surface area contributed by atoms with Gasteiger partial charge in [0.25, 0.3) is 5.91 Å². The topological polar surface area (TPSA) is 59.1 Å². The van der Waals surface area contributed by atoms with Crippen molar-refractivity contribution in [3.63, 3.8) is 0 Å². The molecular formula is C26H23FN2O4. The Balaban J connectivity index is 1.50. The van der Waals surface area contributed by atoms with Gasteiger partial charge in [-0.25, -0.2) is 14.4 Å². The van der Waals surface area contributed by atoms with Crippen LogP contribution in [-0.4, -0.2) is 24.5 Å². The first-order valence-corrected chi connectivity index (χ1v) is 11.0. The summed E-state index contributed by atoms with van der Waals surface area (Å²) in [6.07, 6.45) is -0.118. The zero-order chi connectivity index (χ0) is 22.9. The minimum absolute atomic E-state index is 0.375. The molecule has 168 valence electrons. The summed E-state index contributed by atoms with van der Waals surface area (Å²) >= 11 is 0. The first kappa shape index (κ1) is 21.2. The number of para-hydroxylation sites is 1. The number of ether oxygens (including phenoxy) is 1. The van der Waals surface area contributed by atoms with E-state index in [1.807, 2.05) is 37.3 Å². The number of hydrogen-bond donors (Lipinski definition) is 0. The lowest BCUT2D eigenvalue weighted by molar-refractivity contribution is -0.126. The fourth-order valence-corrected chi connectivity index (χ4v) is 4.41. The SMILES string of the molecule is CCCOc1ccc(N2C(=O)[C@H]3[C@@H](ON(c4ccccc4)[C@H]3c3cccc(F)c3)C2=O)cc1. The van der Waals surface area contributed by atoms with Crippen molar-refractivity contribution in [1.82, 2.24) is 0 Å². The molecular weight excluding hydrogens is 423 g/mol. The number of hydroxylamine groups is 1. The van der Waals surface area contributed by atoms with E-state index in [1.54, 1.807) is 41.5 Å². The van der Waals surface area contributed by atoms with Crippen LogP contribution in [0.3, 0.4) is 0 Å². The van der Waals surface area contributed by atoms with E-state index in [9.17, 15) is 14.0 Å². The van der Waals surface area contributed by atoms with Gasteiger partial charge < -0.3 is 4.74 Å². The summed E-state index contributed by atoms with van der Waals surface area (Å²) < 4.78 is 19.7. The van der Waals surface area contributed by atoms with Gasteiger partial charge in [0, 0.05) is 0 Å². The summed E-state index contributed by atoms with van der Waals surface area (Å²) in [5, 5.41) is 1.55. The number of halogens is 1. The Morgan fingerprint density at radius 2 is 1.67 bits per heavy atom. The number of nitrogens with zero attached hydrogens (tertiary/aromatic N) is 2. The number of benzene rings is 3. The molecule has 3 aromatic carbocycles. The first-order chi connectivity index (χ1) is 16.1. The van der Waals surface area contributed by atoms with E-state index in [2.05, 4.69) is 0 Å². The molecule has 2 aliphatic heterocycles. The molecule has 0 unspecified atom stereocenters. The van der Waals surface area contributed by atoms with Crippen LogP contribution in [0.4, 0.5) is 15.8 Å². The highest BCUT2D eigenvalue weighted by molar-refractivity contribution is 6.23. The van der Waals surface area contributed by atoms with Crippen molar-refractivity contribution in [1.29, 1.82) is 0 Å². The van der Waals surface area contributed by atoms with Crippen molar-refractivity contribution >= 4 is 23.2 Å². The van der Waals surface area contributed by atoms with E-state index in [0.717, 1.165) is 11.3 Å². The highest BCUT2D eigenvalue weighted by Crippen LogP contribution is 2.47. The third-order valence-corrected chi connectivity index (χ3v) is 5.88.